The Balaban J connectivity index is 1.59. The van der Waals surface area contributed by atoms with Gasteiger partial charge in [0, 0.05) is 39.2 Å². The molecule has 4 nitrogen and oxygen atoms in total. The van der Waals surface area contributed by atoms with Crippen LogP contribution in [0, 0.1) is 17.8 Å². The molecule has 2 aliphatic heterocycles. The van der Waals surface area contributed by atoms with E-state index in [-0.39, 0.29) is 6.10 Å². The molecule has 4 atom stereocenters. The molecule has 4 heteroatoms. The smallest absolute Gasteiger partial charge is 0.193 e. The third kappa shape index (κ3) is 4.10. The van der Waals surface area contributed by atoms with Gasteiger partial charge in [0.05, 0.1) is 6.10 Å². The first-order chi connectivity index (χ1) is 11.7. The lowest BCUT2D eigenvalue weighted by Crippen LogP contribution is -2.49. The van der Waals surface area contributed by atoms with Crippen LogP contribution in [-0.4, -0.2) is 44.1 Å². The number of nitrogens with one attached hydrogen (secondary N) is 1. The normalized spacial score (nSPS) is 31.3. The second-order valence-electron chi connectivity index (χ2n) is 7.53. The number of hydrogen-bond acceptors (Lipinski definition) is 2. The highest BCUT2D eigenvalue weighted by atomic mass is 16.5. The van der Waals surface area contributed by atoms with Crippen molar-refractivity contribution < 1.29 is 4.74 Å². The fourth-order valence-electron chi connectivity index (χ4n) is 4.24. The Hall–Kier alpha value is -1.55. The zero-order valence-electron chi connectivity index (χ0n) is 15.2. The molecule has 132 valence electrons. The lowest BCUT2D eigenvalue weighted by molar-refractivity contribution is 0.0912. The molecule has 24 heavy (non-hydrogen) atoms. The van der Waals surface area contributed by atoms with E-state index in [9.17, 15) is 0 Å². The molecular formula is C20H31N3O. The van der Waals surface area contributed by atoms with Crippen LogP contribution >= 0.6 is 0 Å². The Morgan fingerprint density at radius 2 is 1.92 bits per heavy atom. The second-order valence-corrected chi connectivity index (χ2v) is 7.53. The minimum atomic E-state index is 0.205. The highest BCUT2D eigenvalue weighted by molar-refractivity contribution is 5.80. The number of guanidine groups is 1. The van der Waals surface area contributed by atoms with E-state index in [1.807, 2.05) is 7.05 Å². The quantitative estimate of drug-likeness (QED) is 0.683. The van der Waals surface area contributed by atoms with Gasteiger partial charge < -0.3 is 15.0 Å². The molecule has 0 bridgehead atoms. The van der Waals surface area contributed by atoms with Crippen LogP contribution in [0.1, 0.15) is 38.4 Å². The summed E-state index contributed by atoms with van der Waals surface area (Å²) in [7, 11) is 1.89. The van der Waals surface area contributed by atoms with Crippen LogP contribution in [0.5, 0.6) is 0 Å². The fourth-order valence-corrected chi connectivity index (χ4v) is 4.24. The van der Waals surface area contributed by atoms with E-state index in [4.69, 9.17) is 4.74 Å². The molecule has 0 spiro atoms. The SMILES string of the molecule is CN=C(NCC1CCOC1c1ccccc1)N1CC(C)CC(C)C1. The van der Waals surface area contributed by atoms with Gasteiger partial charge in [-0.05, 0) is 30.2 Å². The Morgan fingerprint density at radius 3 is 2.58 bits per heavy atom. The van der Waals surface area contributed by atoms with E-state index in [1.54, 1.807) is 0 Å². The highest BCUT2D eigenvalue weighted by Crippen LogP contribution is 2.34. The van der Waals surface area contributed by atoms with Crippen LogP contribution in [0.4, 0.5) is 0 Å². The van der Waals surface area contributed by atoms with Gasteiger partial charge >= 0.3 is 0 Å². The zero-order chi connectivity index (χ0) is 16.9. The molecule has 0 aromatic heterocycles. The lowest BCUT2D eigenvalue weighted by atomic mass is 9.92. The maximum Gasteiger partial charge on any atom is 0.193 e. The number of benzene rings is 1. The minimum Gasteiger partial charge on any atom is -0.373 e. The van der Waals surface area contributed by atoms with Gasteiger partial charge in [-0.3, -0.25) is 4.99 Å². The molecular weight excluding hydrogens is 298 g/mol. The summed E-state index contributed by atoms with van der Waals surface area (Å²) in [4.78, 5) is 6.95. The van der Waals surface area contributed by atoms with Crippen molar-refractivity contribution in [2.75, 3.05) is 33.3 Å². The van der Waals surface area contributed by atoms with Gasteiger partial charge in [0.25, 0.3) is 0 Å². The van der Waals surface area contributed by atoms with Crippen LogP contribution in [0.3, 0.4) is 0 Å². The number of nitrogens with zero attached hydrogens (tertiary/aromatic N) is 2. The Labute approximate surface area is 146 Å². The van der Waals surface area contributed by atoms with E-state index in [2.05, 4.69) is 59.4 Å². The molecule has 1 aromatic rings. The van der Waals surface area contributed by atoms with Crippen molar-refractivity contribution >= 4 is 5.96 Å². The number of ether oxygens (including phenoxy) is 1. The van der Waals surface area contributed by atoms with Gasteiger partial charge in [0.2, 0.25) is 0 Å². The zero-order valence-corrected chi connectivity index (χ0v) is 15.2. The molecule has 2 saturated heterocycles. The van der Waals surface area contributed by atoms with Crippen LogP contribution in [0.2, 0.25) is 0 Å². The Kier molecular flexibility index (Phi) is 5.77. The number of rotatable bonds is 3. The molecule has 4 unspecified atom stereocenters. The molecule has 0 saturated carbocycles. The molecule has 2 aliphatic rings. The third-order valence-corrected chi connectivity index (χ3v) is 5.24. The molecule has 3 rings (SSSR count). The van der Waals surface area contributed by atoms with Crippen LogP contribution in [0.25, 0.3) is 0 Å². The maximum atomic E-state index is 6.00. The number of aliphatic imine (C=N–C) groups is 1. The molecule has 0 radical (unpaired) electrons. The van der Waals surface area contributed by atoms with E-state index in [1.165, 1.54) is 12.0 Å². The van der Waals surface area contributed by atoms with Crippen molar-refractivity contribution in [3.8, 4) is 0 Å². The van der Waals surface area contributed by atoms with E-state index >= 15 is 0 Å². The number of piperidine rings is 1. The monoisotopic (exact) mass is 329 g/mol. The molecule has 2 heterocycles. The van der Waals surface area contributed by atoms with Crippen molar-refractivity contribution in [1.82, 2.24) is 10.2 Å². The lowest BCUT2D eigenvalue weighted by Gasteiger charge is -2.37. The van der Waals surface area contributed by atoms with E-state index in [0.717, 1.165) is 50.5 Å². The van der Waals surface area contributed by atoms with Gasteiger partial charge in [-0.1, -0.05) is 44.2 Å². The summed E-state index contributed by atoms with van der Waals surface area (Å²) in [6, 6.07) is 10.6. The van der Waals surface area contributed by atoms with Crippen molar-refractivity contribution in [2.45, 2.75) is 32.8 Å². The predicted octanol–water partition coefficient (Wildman–Crippen LogP) is 3.32. The predicted molar refractivity (Wildman–Crippen MR) is 99.1 cm³/mol. The molecule has 1 aromatic carbocycles. The topological polar surface area (TPSA) is 36.9 Å². The average molecular weight is 329 g/mol. The molecule has 1 N–H and O–H groups in total. The summed E-state index contributed by atoms with van der Waals surface area (Å²) >= 11 is 0. The second kappa shape index (κ2) is 8.02. The summed E-state index contributed by atoms with van der Waals surface area (Å²) in [5.74, 6) is 3.02. The third-order valence-electron chi connectivity index (χ3n) is 5.24. The van der Waals surface area contributed by atoms with Gasteiger partial charge in [-0.15, -0.1) is 0 Å². The first-order valence-corrected chi connectivity index (χ1v) is 9.29. The van der Waals surface area contributed by atoms with Gasteiger partial charge in [-0.25, -0.2) is 0 Å². The summed E-state index contributed by atoms with van der Waals surface area (Å²) in [6.07, 6.45) is 2.63. The van der Waals surface area contributed by atoms with Crippen LogP contribution in [0.15, 0.2) is 35.3 Å². The number of hydrogen-bond donors (Lipinski definition) is 1. The first-order valence-electron chi connectivity index (χ1n) is 9.29. The Bertz CT molecular complexity index is 535. The van der Waals surface area contributed by atoms with E-state index < -0.39 is 0 Å². The summed E-state index contributed by atoms with van der Waals surface area (Å²) < 4.78 is 6.00. The van der Waals surface area contributed by atoms with Crippen LogP contribution < -0.4 is 5.32 Å². The standard InChI is InChI=1S/C20H31N3O/c1-15-11-16(2)14-23(13-15)20(21-3)22-12-18-9-10-24-19(18)17-7-5-4-6-8-17/h4-8,15-16,18-19H,9-14H2,1-3H3,(H,21,22). The molecule has 0 amide bonds. The first kappa shape index (κ1) is 17.3. The van der Waals surface area contributed by atoms with E-state index in [0.29, 0.717) is 5.92 Å². The van der Waals surface area contributed by atoms with Crippen LogP contribution in [-0.2, 0) is 4.74 Å². The summed E-state index contributed by atoms with van der Waals surface area (Å²) in [5, 5.41) is 3.62. The maximum absolute atomic E-state index is 6.00. The highest BCUT2D eigenvalue weighted by Gasteiger charge is 2.30. The molecule has 2 fully saturated rings. The Morgan fingerprint density at radius 1 is 1.21 bits per heavy atom. The van der Waals surface area contributed by atoms with Crippen molar-refractivity contribution in [1.29, 1.82) is 0 Å². The van der Waals surface area contributed by atoms with Crippen molar-refractivity contribution in [3.05, 3.63) is 35.9 Å². The summed E-state index contributed by atoms with van der Waals surface area (Å²) in [6.45, 7) is 8.66. The largest absolute Gasteiger partial charge is 0.373 e. The average Bonchev–Trinajstić information content (AvgIpc) is 3.04. The van der Waals surface area contributed by atoms with Crippen molar-refractivity contribution in [3.63, 3.8) is 0 Å². The minimum absolute atomic E-state index is 0.205. The summed E-state index contributed by atoms with van der Waals surface area (Å²) in [5.41, 5.74) is 1.29. The van der Waals surface area contributed by atoms with Gasteiger partial charge in [-0.2, -0.15) is 0 Å². The molecule has 0 aliphatic carbocycles. The van der Waals surface area contributed by atoms with Crippen molar-refractivity contribution in [2.24, 2.45) is 22.7 Å². The van der Waals surface area contributed by atoms with Gasteiger partial charge in [0.15, 0.2) is 5.96 Å². The van der Waals surface area contributed by atoms with Gasteiger partial charge in [0.1, 0.15) is 0 Å². The fraction of sp³-hybridized carbons (Fsp3) is 0.650. The number of likely N-dealkylation sites (tertiary alicyclic amines) is 1.